The van der Waals surface area contributed by atoms with Crippen molar-refractivity contribution in [2.45, 2.75) is 18.3 Å². The highest BCUT2D eigenvalue weighted by molar-refractivity contribution is 5.54. The van der Waals surface area contributed by atoms with E-state index in [4.69, 9.17) is 4.52 Å². The van der Waals surface area contributed by atoms with Crippen molar-refractivity contribution in [3.63, 3.8) is 0 Å². The van der Waals surface area contributed by atoms with Gasteiger partial charge in [0.15, 0.2) is 0 Å². The fourth-order valence-electron chi connectivity index (χ4n) is 2.52. The molecule has 4 rings (SSSR count). The van der Waals surface area contributed by atoms with Crippen molar-refractivity contribution in [1.82, 2.24) is 24.9 Å². The lowest BCUT2D eigenvalue weighted by Gasteiger charge is -1.93. The minimum atomic E-state index is 0.0820. The number of aryl methyl sites for hydroxylation is 1. The van der Waals surface area contributed by atoms with Crippen molar-refractivity contribution in [1.29, 1.82) is 0 Å². The van der Waals surface area contributed by atoms with Crippen LogP contribution in [0, 0.1) is 0 Å². The molecule has 7 nitrogen and oxygen atoms in total. The van der Waals surface area contributed by atoms with E-state index in [0.29, 0.717) is 23.2 Å². The Morgan fingerprint density at radius 1 is 1.29 bits per heavy atom. The number of aromatic hydroxyl groups is 1. The highest BCUT2D eigenvalue weighted by Gasteiger charge is 2.44. The molecule has 2 atom stereocenters. The predicted molar refractivity (Wildman–Crippen MR) is 72.5 cm³/mol. The van der Waals surface area contributed by atoms with Crippen molar-refractivity contribution in [3.8, 4) is 17.1 Å². The largest absolute Gasteiger partial charge is 0.506 e. The molecule has 3 heterocycles. The van der Waals surface area contributed by atoms with Crippen LogP contribution in [-0.2, 0) is 7.05 Å². The highest BCUT2D eigenvalue weighted by atomic mass is 16.5. The standard InChI is InChI=1S/C14H13N5O2/c1-19-7-9(5-16-19)11-3-12(11)14-17-13(18-21-14)8-2-10(20)6-15-4-8/h2,4-7,11-12,20H,3H2,1H3/t11-,12+/m0/s1. The van der Waals surface area contributed by atoms with Gasteiger partial charge < -0.3 is 9.63 Å². The van der Waals surface area contributed by atoms with Crippen LogP contribution < -0.4 is 0 Å². The molecule has 0 aromatic carbocycles. The van der Waals surface area contributed by atoms with E-state index >= 15 is 0 Å². The second-order valence-corrected chi connectivity index (χ2v) is 5.28. The van der Waals surface area contributed by atoms with Crippen LogP contribution in [0.3, 0.4) is 0 Å². The molecule has 1 aliphatic carbocycles. The van der Waals surface area contributed by atoms with Crippen LogP contribution in [0.25, 0.3) is 11.4 Å². The molecule has 0 unspecified atom stereocenters. The number of nitrogens with zero attached hydrogens (tertiary/aromatic N) is 5. The molecule has 0 saturated heterocycles. The molecule has 0 radical (unpaired) electrons. The molecule has 106 valence electrons. The average Bonchev–Trinajstić information content (AvgIpc) is 2.92. The highest BCUT2D eigenvalue weighted by Crippen LogP contribution is 2.54. The molecular weight excluding hydrogens is 270 g/mol. The summed E-state index contributed by atoms with van der Waals surface area (Å²) in [6.45, 7) is 0. The van der Waals surface area contributed by atoms with Gasteiger partial charge in [-0.1, -0.05) is 5.16 Å². The molecule has 3 aromatic rings. The summed E-state index contributed by atoms with van der Waals surface area (Å²) in [6, 6.07) is 1.56. The van der Waals surface area contributed by atoms with Gasteiger partial charge in [-0.2, -0.15) is 10.1 Å². The van der Waals surface area contributed by atoms with E-state index in [-0.39, 0.29) is 11.7 Å². The fraction of sp³-hybridized carbons (Fsp3) is 0.286. The second kappa shape index (κ2) is 4.41. The molecular formula is C14H13N5O2. The Morgan fingerprint density at radius 3 is 2.95 bits per heavy atom. The third kappa shape index (κ3) is 2.16. The third-order valence-corrected chi connectivity index (χ3v) is 3.68. The SMILES string of the molecule is Cn1cc([C@@H]2C[C@H]2c2nc(-c3cncc(O)c3)no2)cn1. The van der Waals surface area contributed by atoms with Crippen LogP contribution in [0.5, 0.6) is 5.75 Å². The Morgan fingerprint density at radius 2 is 2.19 bits per heavy atom. The van der Waals surface area contributed by atoms with Gasteiger partial charge in [0.25, 0.3) is 0 Å². The number of hydrogen-bond donors (Lipinski definition) is 1. The van der Waals surface area contributed by atoms with Crippen molar-refractivity contribution < 1.29 is 9.63 Å². The van der Waals surface area contributed by atoms with Crippen molar-refractivity contribution in [2.75, 3.05) is 0 Å². The Bertz CT molecular complexity index is 794. The Balaban J connectivity index is 1.56. The summed E-state index contributed by atoms with van der Waals surface area (Å²) in [7, 11) is 1.90. The van der Waals surface area contributed by atoms with Crippen LogP contribution in [0.2, 0.25) is 0 Å². The van der Waals surface area contributed by atoms with Gasteiger partial charge in [-0.15, -0.1) is 0 Å². The maximum Gasteiger partial charge on any atom is 0.230 e. The first-order chi connectivity index (χ1) is 10.2. The third-order valence-electron chi connectivity index (χ3n) is 3.68. The average molecular weight is 283 g/mol. The lowest BCUT2D eigenvalue weighted by atomic mass is 10.2. The normalized spacial score (nSPS) is 20.6. The van der Waals surface area contributed by atoms with Gasteiger partial charge >= 0.3 is 0 Å². The predicted octanol–water partition coefficient (Wildman–Crippen LogP) is 1.84. The number of pyridine rings is 1. The van der Waals surface area contributed by atoms with E-state index in [0.717, 1.165) is 6.42 Å². The molecule has 0 spiro atoms. The maximum absolute atomic E-state index is 9.44. The summed E-state index contributed by atoms with van der Waals surface area (Å²) >= 11 is 0. The summed E-state index contributed by atoms with van der Waals surface area (Å²) < 4.78 is 7.14. The van der Waals surface area contributed by atoms with Gasteiger partial charge in [0.05, 0.1) is 12.4 Å². The van der Waals surface area contributed by atoms with Crippen molar-refractivity contribution >= 4 is 0 Å². The van der Waals surface area contributed by atoms with Gasteiger partial charge in [-0.05, 0) is 24.0 Å². The van der Waals surface area contributed by atoms with E-state index in [1.54, 1.807) is 16.9 Å². The topological polar surface area (TPSA) is 89.9 Å². The minimum absolute atomic E-state index is 0.0820. The second-order valence-electron chi connectivity index (χ2n) is 5.28. The van der Waals surface area contributed by atoms with Crippen LogP contribution >= 0.6 is 0 Å². The molecule has 1 aliphatic rings. The first-order valence-electron chi connectivity index (χ1n) is 6.67. The quantitative estimate of drug-likeness (QED) is 0.788. The maximum atomic E-state index is 9.44. The van der Waals surface area contributed by atoms with Crippen molar-refractivity contribution in [2.24, 2.45) is 7.05 Å². The van der Waals surface area contributed by atoms with Gasteiger partial charge in [-0.25, -0.2) is 0 Å². The Hall–Kier alpha value is -2.70. The van der Waals surface area contributed by atoms with E-state index in [1.807, 2.05) is 19.4 Å². The first kappa shape index (κ1) is 12.1. The summed E-state index contributed by atoms with van der Waals surface area (Å²) in [5.41, 5.74) is 1.84. The summed E-state index contributed by atoms with van der Waals surface area (Å²) in [6.07, 6.45) is 7.84. The molecule has 21 heavy (non-hydrogen) atoms. The minimum Gasteiger partial charge on any atom is -0.506 e. The van der Waals surface area contributed by atoms with Gasteiger partial charge in [-0.3, -0.25) is 9.67 Å². The van der Waals surface area contributed by atoms with Crippen LogP contribution in [0.1, 0.15) is 29.7 Å². The van der Waals surface area contributed by atoms with Gasteiger partial charge in [0.1, 0.15) is 5.75 Å². The molecule has 1 N–H and O–H groups in total. The zero-order valence-electron chi connectivity index (χ0n) is 11.3. The fourth-order valence-corrected chi connectivity index (χ4v) is 2.52. The molecule has 3 aromatic heterocycles. The first-order valence-corrected chi connectivity index (χ1v) is 6.67. The van der Waals surface area contributed by atoms with E-state index in [2.05, 4.69) is 20.2 Å². The molecule has 0 aliphatic heterocycles. The Kier molecular flexibility index (Phi) is 2.53. The van der Waals surface area contributed by atoms with E-state index in [9.17, 15) is 5.11 Å². The molecule has 0 amide bonds. The molecule has 0 bridgehead atoms. The van der Waals surface area contributed by atoms with E-state index in [1.165, 1.54) is 11.8 Å². The number of aromatic nitrogens is 5. The summed E-state index contributed by atoms with van der Waals surface area (Å²) in [5.74, 6) is 1.81. The molecule has 1 saturated carbocycles. The Labute approximate surface area is 120 Å². The summed E-state index contributed by atoms with van der Waals surface area (Å²) in [5, 5.41) is 17.6. The van der Waals surface area contributed by atoms with E-state index < -0.39 is 0 Å². The molecule has 7 heteroatoms. The zero-order valence-corrected chi connectivity index (χ0v) is 11.3. The van der Waals surface area contributed by atoms with Crippen LogP contribution in [-0.4, -0.2) is 30.0 Å². The smallest absolute Gasteiger partial charge is 0.230 e. The van der Waals surface area contributed by atoms with Crippen molar-refractivity contribution in [3.05, 3.63) is 42.3 Å². The van der Waals surface area contributed by atoms with Gasteiger partial charge in [0.2, 0.25) is 11.7 Å². The number of hydrogen-bond acceptors (Lipinski definition) is 6. The zero-order chi connectivity index (χ0) is 14.4. The monoisotopic (exact) mass is 283 g/mol. The molecule has 1 fully saturated rings. The van der Waals surface area contributed by atoms with Crippen LogP contribution in [0.4, 0.5) is 0 Å². The van der Waals surface area contributed by atoms with Crippen LogP contribution in [0.15, 0.2) is 35.4 Å². The van der Waals surface area contributed by atoms with Gasteiger partial charge in [0, 0.05) is 30.9 Å². The lowest BCUT2D eigenvalue weighted by molar-refractivity contribution is 0.378. The summed E-state index contributed by atoms with van der Waals surface area (Å²) in [4.78, 5) is 8.32. The number of rotatable bonds is 3. The lowest BCUT2D eigenvalue weighted by Crippen LogP contribution is -1.86.